The minimum absolute atomic E-state index is 0.123. The normalized spacial score (nSPS) is 14.6. The van der Waals surface area contributed by atoms with E-state index in [1.54, 1.807) is 23.1 Å². The van der Waals surface area contributed by atoms with Crippen LogP contribution in [0.1, 0.15) is 38.9 Å². The van der Waals surface area contributed by atoms with Gasteiger partial charge in [-0.3, -0.25) is 9.59 Å². The summed E-state index contributed by atoms with van der Waals surface area (Å²) in [5.74, 6) is 0.530. The lowest BCUT2D eigenvalue weighted by Crippen LogP contribution is -2.31. The van der Waals surface area contributed by atoms with Crippen molar-refractivity contribution in [2.45, 2.75) is 19.1 Å². The van der Waals surface area contributed by atoms with E-state index >= 15 is 0 Å². The van der Waals surface area contributed by atoms with Crippen LogP contribution in [0.5, 0.6) is 5.75 Å². The number of hydrogen-bond acceptors (Lipinski definition) is 4. The van der Waals surface area contributed by atoms with Crippen LogP contribution in [0, 0.1) is 0 Å². The second kappa shape index (κ2) is 9.78. The monoisotopic (exact) mass is 487 g/mol. The highest BCUT2D eigenvalue weighted by atomic mass is 16.5. The molecule has 5 nitrogen and oxygen atoms in total. The minimum Gasteiger partial charge on any atom is -0.489 e. The molecule has 0 aliphatic carbocycles. The number of para-hydroxylation sites is 1. The van der Waals surface area contributed by atoms with Crippen LogP contribution in [0.4, 0.5) is 0 Å². The van der Waals surface area contributed by atoms with E-state index in [4.69, 9.17) is 9.15 Å². The molecule has 1 aromatic heterocycles. The van der Waals surface area contributed by atoms with Crippen molar-refractivity contribution in [2.24, 2.45) is 0 Å². The molecule has 182 valence electrons. The van der Waals surface area contributed by atoms with E-state index in [1.807, 2.05) is 91.0 Å². The maximum Gasteiger partial charge on any atom is 0.290 e. The summed E-state index contributed by atoms with van der Waals surface area (Å²) in [5, 5.41) is 0.473. The number of benzene rings is 4. The number of carbonyl (C=O) groups excluding carboxylic acids is 1. The van der Waals surface area contributed by atoms with Crippen LogP contribution in [-0.4, -0.2) is 17.4 Å². The van der Waals surface area contributed by atoms with Crippen LogP contribution in [0.25, 0.3) is 11.0 Å². The summed E-state index contributed by atoms with van der Waals surface area (Å²) in [6, 6.07) is 34.1. The van der Waals surface area contributed by atoms with Gasteiger partial charge in [-0.05, 0) is 47.4 Å². The Kier molecular flexibility index (Phi) is 6.03. The number of nitrogens with zero attached hydrogens (tertiary/aromatic N) is 1. The zero-order valence-corrected chi connectivity index (χ0v) is 20.2. The van der Waals surface area contributed by atoms with Gasteiger partial charge < -0.3 is 14.1 Å². The van der Waals surface area contributed by atoms with Crippen molar-refractivity contribution in [1.29, 1.82) is 0 Å². The quantitative estimate of drug-likeness (QED) is 0.276. The Morgan fingerprint density at radius 1 is 0.757 bits per heavy atom. The molecule has 5 heteroatoms. The predicted octanol–water partition coefficient (Wildman–Crippen LogP) is 6.16. The predicted molar refractivity (Wildman–Crippen MR) is 143 cm³/mol. The van der Waals surface area contributed by atoms with Crippen molar-refractivity contribution in [3.8, 4) is 5.75 Å². The van der Waals surface area contributed by atoms with Crippen LogP contribution < -0.4 is 10.2 Å². The zero-order valence-electron chi connectivity index (χ0n) is 20.2. The Bertz CT molecular complexity index is 1630. The molecule has 1 unspecified atom stereocenters. The van der Waals surface area contributed by atoms with E-state index in [1.165, 1.54) is 0 Å². The molecule has 5 aromatic rings. The number of carbonyl (C=O) groups is 1. The standard InChI is InChI=1S/C32H25NO4/c34-30-26-16-7-8-17-27(26)37-31-28(30)29(33(32(31)35)19-18-22-10-3-1-4-11-22)24-14-9-15-25(20-24)36-21-23-12-5-2-6-13-23/h1-17,20,29H,18-19,21H2. The van der Waals surface area contributed by atoms with E-state index < -0.39 is 6.04 Å². The first kappa shape index (κ1) is 22.8. The van der Waals surface area contributed by atoms with Gasteiger partial charge in [-0.25, -0.2) is 0 Å². The highest BCUT2D eigenvalue weighted by Crippen LogP contribution is 2.39. The van der Waals surface area contributed by atoms with Crippen molar-refractivity contribution in [1.82, 2.24) is 4.90 Å². The smallest absolute Gasteiger partial charge is 0.290 e. The molecule has 0 radical (unpaired) electrons. The van der Waals surface area contributed by atoms with Crippen molar-refractivity contribution in [3.05, 3.63) is 147 Å². The fraction of sp³-hybridized carbons (Fsp3) is 0.125. The van der Waals surface area contributed by atoms with Gasteiger partial charge in [-0.15, -0.1) is 0 Å². The van der Waals surface area contributed by atoms with Gasteiger partial charge in [0.25, 0.3) is 5.91 Å². The van der Waals surface area contributed by atoms with Gasteiger partial charge in [0.2, 0.25) is 5.76 Å². The molecule has 2 heterocycles. The molecular weight excluding hydrogens is 462 g/mol. The first-order valence-electron chi connectivity index (χ1n) is 12.4. The third-order valence-corrected chi connectivity index (χ3v) is 6.78. The summed E-state index contributed by atoms with van der Waals surface area (Å²) in [5.41, 5.74) is 3.63. The Morgan fingerprint density at radius 3 is 2.24 bits per heavy atom. The van der Waals surface area contributed by atoms with Crippen molar-refractivity contribution in [3.63, 3.8) is 0 Å². The van der Waals surface area contributed by atoms with Crippen LogP contribution in [-0.2, 0) is 13.0 Å². The minimum atomic E-state index is -0.563. The topological polar surface area (TPSA) is 59.8 Å². The highest BCUT2D eigenvalue weighted by Gasteiger charge is 2.42. The Hall–Kier alpha value is -4.64. The van der Waals surface area contributed by atoms with Gasteiger partial charge in [-0.2, -0.15) is 0 Å². The fourth-order valence-electron chi connectivity index (χ4n) is 4.95. The molecule has 0 saturated carbocycles. The first-order valence-corrected chi connectivity index (χ1v) is 12.4. The fourth-order valence-corrected chi connectivity index (χ4v) is 4.95. The maximum absolute atomic E-state index is 13.7. The van der Waals surface area contributed by atoms with Crippen LogP contribution in [0.3, 0.4) is 0 Å². The molecule has 1 aliphatic heterocycles. The van der Waals surface area contributed by atoms with Gasteiger partial charge in [0.1, 0.15) is 17.9 Å². The second-order valence-corrected chi connectivity index (χ2v) is 9.15. The number of amides is 1. The number of rotatable bonds is 7. The van der Waals surface area contributed by atoms with E-state index in [0.717, 1.165) is 16.7 Å². The van der Waals surface area contributed by atoms with E-state index in [-0.39, 0.29) is 17.1 Å². The van der Waals surface area contributed by atoms with Gasteiger partial charge in [0, 0.05) is 6.54 Å². The molecule has 0 N–H and O–H groups in total. The lowest BCUT2D eigenvalue weighted by Gasteiger charge is -2.25. The molecule has 0 spiro atoms. The van der Waals surface area contributed by atoms with E-state index in [9.17, 15) is 9.59 Å². The van der Waals surface area contributed by atoms with Crippen LogP contribution in [0.2, 0.25) is 0 Å². The number of ether oxygens (including phenoxy) is 1. The molecule has 1 aliphatic rings. The summed E-state index contributed by atoms with van der Waals surface area (Å²) < 4.78 is 12.1. The average molecular weight is 488 g/mol. The summed E-state index contributed by atoms with van der Waals surface area (Å²) in [4.78, 5) is 29.1. The molecule has 1 amide bonds. The summed E-state index contributed by atoms with van der Waals surface area (Å²) in [7, 11) is 0. The van der Waals surface area contributed by atoms with E-state index in [0.29, 0.717) is 41.9 Å². The Morgan fingerprint density at radius 2 is 1.46 bits per heavy atom. The van der Waals surface area contributed by atoms with Gasteiger partial charge in [0.05, 0.1) is 17.0 Å². The molecule has 0 saturated heterocycles. The van der Waals surface area contributed by atoms with Gasteiger partial charge >= 0.3 is 0 Å². The second-order valence-electron chi connectivity index (χ2n) is 9.15. The van der Waals surface area contributed by atoms with Crippen molar-refractivity contribution in [2.75, 3.05) is 6.54 Å². The van der Waals surface area contributed by atoms with Crippen LogP contribution in [0.15, 0.2) is 118 Å². The van der Waals surface area contributed by atoms with Gasteiger partial charge in [-0.1, -0.05) is 84.9 Å². The van der Waals surface area contributed by atoms with Crippen LogP contribution >= 0.6 is 0 Å². The SMILES string of the molecule is O=C1c2oc3ccccc3c(=O)c2C(c2cccc(OCc3ccccc3)c2)N1CCc1ccccc1. The third-order valence-electron chi connectivity index (χ3n) is 6.78. The zero-order chi connectivity index (χ0) is 25.2. The first-order chi connectivity index (χ1) is 18.2. The largest absolute Gasteiger partial charge is 0.489 e. The molecule has 4 aromatic carbocycles. The molecular formula is C32H25NO4. The molecule has 37 heavy (non-hydrogen) atoms. The molecule has 0 bridgehead atoms. The molecule has 6 rings (SSSR count). The van der Waals surface area contributed by atoms with Crippen molar-refractivity contribution < 1.29 is 13.9 Å². The average Bonchev–Trinajstić information content (AvgIpc) is 3.23. The highest BCUT2D eigenvalue weighted by molar-refractivity contribution is 5.99. The summed E-state index contributed by atoms with van der Waals surface area (Å²) in [6.07, 6.45) is 0.662. The summed E-state index contributed by atoms with van der Waals surface area (Å²) in [6.45, 7) is 0.873. The number of fused-ring (bicyclic) bond motifs is 2. The molecule has 1 atom stereocenters. The lowest BCUT2D eigenvalue weighted by molar-refractivity contribution is 0.0730. The third kappa shape index (κ3) is 4.40. The van der Waals surface area contributed by atoms with E-state index in [2.05, 4.69) is 0 Å². The number of hydrogen-bond donors (Lipinski definition) is 0. The maximum atomic E-state index is 13.7. The summed E-state index contributed by atoms with van der Waals surface area (Å²) >= 11 is 0. The molecule has 0 fully saturated rings. The Balaban J connectivity index is 1.40. The Labute approximate surface area is 214 Å². The van der Waals surface area contributed by atoms with Gasteiger partial charge in [0.15, 0.2) is 5.43 Å². The lowest BCUT2D eigenvalue weighted by atomic mass is 9.98. The van der Waals surface area contributed by atoms with Crippen molar-refractivity contribution >= 4 is 16.9 Å².